The van der Waals surface area contributed by atoms with Crippen LogP contribution in [0.2, 0.25) is 5.02 Å². The average molecular weight is 453 g/mol. The number of aryl methyl sites for hydroxylation is 2. The van der Waals surface area contributed by atoms with Crippen molar-refractivity contribution in [3.63, 3.8) is 0 Å². The predicted molar refractivity (Wildman–Crippen MR) is 137 cm³/mol. The van der Waals surface area contributed by atoms with E-state index in [-0.39, 0.29) is 0 Å². The van der Waals surface area contributed by atoms with E-state index >= 15 is 0 Å². The van der Waals surface area contributed by atoms with Gasteiger partial charge in [-0.05, 0) is 43.2 Å². The third-order valence-corrected chi connectivity index (χ3v) is 6.13. The van der Waals surface area contributed by atoms with Crippen molar-refractivity contribution in [2.45, 2.75) is 27.1 Å². The molecule has 0 saturated heterocycles. The Morgan fingerprint density at radius 3 is 1.52 bits per heavy atom. The highest BCUT2D eigenvalue weighted by Gasteiger charge is 2.17. The normalized spacial score (nSPS) is 11.1. The summed E-state index contributed by atoms with van der Waals surface area (Å²) in [5.41, 5.74) is 4.72. The van der Waals surface area contributed by atoms with Gasteiger partial charge in [-0.15, -0.1) is 0 Å². The van der Waals surface area contributed by atoms with Crippen LogP contribution in [-0.4, -0.2) is 0 Å². The number of hydrogen-bond donors (Lipinski definition) is 0. The summed E-state index contributed by atoms with van der Waals surface area (Å²) in [6, 6.07) is 31.0. The molecular weight excluding hydrogens is 428 g/mol. The molecule has 0 aliphatic heterocycles. The first kappa shape index (κ1) is 21.4. The van der Waals surface area contributed by atoms with Crippen molar-refractivity contribution in [2.24, 2.45) is 0 Å². The molecule has 2 nitrogen and oxygen atoms in total. The number of rotatable bonds is 6. The lowest BCUT2D eigenvalue weighted by Gasteiger charge is -2.18. The second-order valence-corrected chi connectivity index (χ2v) is 8.88. The molecule has 0 fully saturated rings. The fraction of sp³-hybridized carbons (Fsp3) is 0.133. The number of benzene rings is 5. The predicted octanol–water partition coefficient (Wildman–Crippen LogP) is 8.42. The van der Waals surface area contributed by atoms with E-state index in [0.717, 1.165) is 44.2 Å². The average Bonchev–Trinajstić information content (AvgIpc) is 2.83. The molecule has 0 amide bonds. The van der Waals surface area contributed by atoms with Crippen molar-refractivity contribution >= 4 is 33.1 Å². The van der Waals surface area contributed by atoms with Crippen LogP contribution >= 0.6 is 11.6 Å². The molecule has 0 atom stereocenters. The van der Waals surface area contributed by atoms with E-state index in [4.69, 9.17) is 21.1 Å². The van der Waals surface area contributed by atoms with Gasteiger partial charge in [0.25, 0.3) is 0 Å². The fourth-order valence-electron chi connectivity index (χ4n) is 4.06. The van der Waals surface area contributed by atoms with E-state index in [1.807, 2.05) is 30.3 Å². The molecule has 0 heterocycles. The quantitative estimate of drug-likeness (QED) is 0.241. The Morgan fingerprint density at radius 2 is 1.00 bits per heavy atom. The fourth-order valence-corrected chi connectivity index (χ4v) is 4.23. The molecule has 0 bridgehead atoms. The standard InChI is InChI=1S/C30H25ClO2/c1-20-7-11-22(12-8-20)18-32-29-25-5-3-4-6-26(25)30(28-17-24(31)15-16-27(28)29)33-19-23-13-9-21(2)10-14-23/h3-17H,18-19H2,1-2H3. The Kier molecular flexibility index (Phi) is 5.93. The summed E-state index contributed by atoms with van der Waals surface area (Å²) in [5.74, 6) is 1.67. The van der Waals surface area contributed by atoms with E-state index in [1.165, 1.54) is 11.1 Å². The highest BCUT2D eigenvalue weighted by Crippen LogP contribution is 2.44. The van der Waals surface area contributed by atoms with Crippen LogP contribution in [0.15, 0.2) is 91.0 Å². The van der Waals surface area contributed by atoms with Gasteiger partial charge in [0.2, 0.25) is 0 Å². The van der Waals surface area contributed by atoms with Crippen LogP contribution in [0, 0.1) is 13.8 Å². The summed E-state index contributed by atoms with van der Waals surface area (Å²) in [6.07, 6.45) is 0. The second-order valence-electron chi connectivity index (χ2n) is 8.44. The third kappa shape index (κ3) is 4.53. The smallest absolute Gasteiger partial charge is 0.135 e. The van der Waals surface area contributed by atoms with Crippen LogP contribution in [-0.2, 0) is 13.2 Å². The zero-order valence-electron chi connectivity index (χ0n) is 18.8. The van der Waals surface area contributed by atoms with Gasteiger partial charge in [-0.1, -0.05) is 95.5 Å². The number of ether oxygens (including phenoxy) is 2. The van der Waals surface area contributed by atoms with Crippen molar-refractivity contribution in [3.05, 3.63) is 118 Å². The first-order valence-corrected chi connectivity index (χ1v) is 11.5. The minimum Gasteiger partial charge on any atom is -0.488 e. The zero-order chi connectivity index (χ0) is 22.8. The minimum absolute atomic E-state index is 0.482. The summed E-state index contributed by atoms with van der Waals surface area (Å²) in [6.45, 7) is 5.15. The van der Waals surface area contributed by atoms with Gasteiger partial charge in [-0.2, -0.15) is 0 Å². The number of fused-ring (bicyclic) bond motifs is 2. The van der Waals surface area contributed by atoms with Gasteiger partial charge < -0.3 is 9.47 Å². The third-order valence-electron chi connectivity index (χ3n) is 5.89. The molecule has 5 rings (SSSR count). The Morgan fingerprint density at radius 1 is 0.545 bits per heavy atom. The van der Waals surface area contributed by atoms with Crippen molar-refractivity contribution in [1.29, 1.82) is 0 Å². The van der Waals surface area contributed by atoms with Crippen LogP contribution in [0.3, 0.4) is 0 Å². The number of hydrogen-bond acceptors (Lipinski definition) is 2. The summed E-state index contributed by atoms with van der Waals surface area (Å²) < 4.78 is 12.9. The maximum absolute atomic E-state index is 6.43. The molecule has 5 aromatic rings. The molecule has 33 heavy (non-hydrogen) atoms. The first-order chi connectivity index (χ1) is 16.1. The molecule has 164 valence electrons. The summed E-state index contributed by atoms with van der Waals surface area (Å²) in [5, 5.41) is 4.65. The highest BCUT2D eigenvalue weighted by atomic mass is 35.5. The Balaban J connectivity index is 1.59. The summed E-state index contributed by atoms with van der Waals surface area (Å²) in [7, 11) is 0. The maximum atomic E-state index is 6.43. The van der Waals surface area contributed by atoms with E-state index in [9.17, 15) is 0 Å². The highest BCUT2D eigenvalue weighted by molar-refractivity contribution is 6.31. The van der Waals surface area contributed by atoms with Gasteiger partial charge in [-0.25, -0.2) is 0 Å². The molecular formula is C30H25ClO2. The molecule has 0 aliphatic rings. The van der Waals surface area contributed by atoms with Gasteiger partial charge in [-0.3, -0.25) is 0 Å². The molecule has 5 aromatic carbocycles. The Hall–Kier alpha value is -3.49. The van der Waals surface area contributed by atoms with Crippen LogP contribution in [0.5, 0.6) is 11.5 Å². The molecule has 0 aromatic heterocycles. The van der Waals surface area contributed by atoms with Gasteiger partial charge in [0.05, 0.1) is 0 Å². The molecule has 0 unspecified atom stereocenters. The zero-order valence-corrected chi connectivity index (χ0v) is 19.5. The molecule has 0 N–H and O–H groups in total. The van der Waals surface area contributed by atoms with Crippen molar-refractivity contribution in [2.75, 3.05) is 0 Å². The van der Waals surface area contributed by atoms with Gasteiger partial charge in [0, 0.05) is 26.6 Å². The summed E-state index contributed by atoms with van der Waals surface area (Å²) >= 11 is 6.42. The molecule has 0 spiro atoms. The van der Waals surface area contributed by atoms with Crippen molar-refractivity contribution in [3.8, 4) is 11.5 Å². The van der Waals surface area contributed by atoms with Gasteiger partial charge >= 0.3 is 0 Å². The van der Waals surface area contributed by atoms with Crippen molar-refractivity contribution in [1.82, 2.24) is 0 Å². The van der Waals surface area contributed by atoms with Crippen LogP contribution in [0.4, 0.5) is 0 Å². The van der Waals surface area contributed by atoms with Crippen molar-refractivity contribution < 1.29 is 9.47 Å². The molecule has 0 aliphatic carbocycles. The molecule has 3 heteroatoms. The van der Waals surface area contributed by atoms with E-state index in [0.29, 0.717) is 18.2 Å². The molecule has 0 radical (unpaired) electrons. The monoisotopic (exact) mass is 452 g/mol. The number of halogens is 1. The van der Waals surface area contributed by atoms with Gasteiger partial charge in [0.1, 0.15) is 24.7 Å². The lowest BCUT2D eigenvalue weighted by molar-refractivity contribution is 0.308. The summed E-state index contributed by atoms with van der Waals surface area (Å²) in [4.78, 5) is 0. The lowest BCUT2D eigenvalue weighted by atomic mass is 10.0. The maximum Gasteiger partial charge on any atom is 0.135 e. The molecule has 0 saturated carbocycles. The minimum atomic E-state index is 0.482. The SMILES string of the molecule is Cc1ccc(COc2c3ccccc3c(OCc3ccc(C)cc3)c3cc(Cl)ccc23)cc1. The van der Waals surface area contributed by atoms with Gasteiger partial charge in [0.15, 0.2) is 0 Å². The van der Waals surface area contributed by atoms with E-state index < -0.39 is 0 Å². The Labute approximate surface area is 199 Å². The first-order valence-electron chi connectivity index (χ1n) is 11.1. The largest absolute Gasteiger partial charge is 0.488 e. The Bertz CT molecular complexity index is 1420. The second kappa shape index (κ2) is 9.17. The van der Waals surface area contributed by atoms with E-state index in [2.05, 4.69) is 74.5 Å². The van der Waals surface area contributed by atoms with Crippen LogP contribution in [0.1, 0.15) is 22.3 Å². The van der Waals surface area contributed by atoms with Crippen LogP contribution < -0.4 is 9.47 Å². The topological polar surface area (TPSA) is 18.5 Å². The van der Waals surface area contributed by atoms with Crippen LogP contribution in [0.25, 0.3) is 21.5 Å². The van der Waals surface area contributed by atoms with E-state index in [1.54, 1.807) is 0 Å². The lowest BCUT2D eigenvalue weighted by Crippen LogP contribution is -2.00.